The fourth-order valence-electron chi connectivity index (χ4n) is 1.68. The largest absolute Gasteiger partial charge is 0.478 e. The van der Waals surface area contributed by atoms with E-state index in [1.165, 1.54) is 16.8 Å². The summed E-state index contributed by atoms with van der Waals surface area (Å²) in [5.41, 5.74) is 0.121. The third kappa shape index (κ3) is 2.58. The van der Waals surface area contributed by atoms with E-state index < -0.39 is 10.9 Å². The molecule has 0 radical (unpaired) electrons. The number of aromatic carboxylic acids is 1. The first-order valence-corrected chi connectivity index (χ1v) is 5.58. The van der Waals surface area contributed by atoms with Crippen LogP contribution in [0.3, 0.4) is 0 Å². The number of carboxylic acid groups (broad SMARTS) is 1. The van der Waals surface area contributed by atoms with Crippen molar-refractivity contribution in [1.82, 2.24) is 9.78 Å². The van der Waals surface area contributed by atoms with Crippen LogP contribution in [0.2, 0.25) is 0 Å². The van der Waals surface area contributed by atoms with Gasteiger partial charge in [-0.1, -0.05) is 0 Å². The van der Waals surface area contributed by atoms with Gasteiger partial charge >= 0.3 is 5.97 Å². The minimum absolute atomic E-state index is 0.0195. The molecule has 0 aliphatic heterocycles. The van der Waals surface area contributed by atoms with Crippen LogP contribution in [-0.4, -0.2) is 25.8 Å². The Balaban J connectivity index is 2.43. The van der Waals surface area contributed by atoms with Gasteiger partial charge in [0.1, 0.15) is 11.3 Å². The Morgan fingerprint density at radius 2 is 2.15 bits per heavy atom. The second-order valence-electron chi connectivity index (χ2n) is 4.09. The number of benzene rings is 1. The molecule has 0 amide bonds. The molecule has 20 heavy (non-hydrogen) atoms. The van der Waals surface area contributed by atoms with Gasteiger partial charge in [0.05, 0.1) is 10.6 Å². The summed E-state index contributed by atoms with van der Waals surface area (Å²) in [5.74, 6) is -0.937. The molecule has 0 saturated heterocycles. The molecule has 1 aromatic heterocycles. The third-order valence-electron chi connectivity index (χ3n) is 2.58. The minimum Gasteiger partial charge on any atom is -0.478 e. The highest BCUT2D eigenvalue weighted by molar-refractivity contribution is 5.91. The normalized spacial score (nSPS) is 10.3. The monoisotopic (exact) mass is 277 g/mol. The van der Waals surface area contributed by atoms with E-state index in [0.29, 0.717) is 11.6 Å². The summed E-state index contributed by atoms with van der Waals surface area (Å²) in [6, 6.07) is 5.03. The van der Waals surface area contributed by atoms with E-state index in [4.69, 9.17) is 9.84 Å². The molecule has 1 N–H and O–H groups in total. The fourth-order valence-corrected chi connectivity index (χ4v) is 1.68. The number of nitro groups is 1. The predicted molar refractivity (Wildman–Crippen MR) is 68.1 cm³/mol. The lowest BCUT2D eigenvalue weighted by atomic mass is 10.2. The summed E-state index contributed by atoms with van der Waals surface area (Å²) < 4.78 is 6.90. The predicted octanol–water partition coefficient (Wildman–Crippen LogP) is 2.13. The average Bonchev–Trinajstić information content (AvgIpc) is 2.67. The van der Waals surface area contributed by atoms with Crippen LogP contribution < -0.4 is 4.74 Å². The molecule has 0 aliphatic carbocycles. The summed E-state index contributed by atoms with van der Waals surface area (Å²) in [7, 11) is 1.65. The molecule has 0 aliphatic rings. The number of hydrogen-bond donors (Lipinski definition) is 1. The molecular weight excluding hydrogens is 266 g/mol. The van der Waals surface area contributed by atoms with Gasteiger partial charge in [-0.05, 0) is 13.0 Å². The maximum Gasteiger partial charge on any atom is 0.339 e. The van der Waals surface area contributed by atoms with Gasteiger partial charge in [0.25, 0.3) is 5.69 Å². The summed E-state index contributed by atoms with van der Waals surface area (Å²) in [4.78, 5) is 21.2. The van der Waals surface area contributed by atoms with Crippen LogP contribution in [-0.2, 0) is 7.05 Å². The van der Waals surface area contributed by atoms with E-state index in [0.717, 1.165) is 6.07 Å². The van der Waals surface area contributed by atoms with Crippen LogP contribution in [0.25, 0.3) is 0 Å². The highest BCUT2D eigenvalue weighted by Gasteiger charge is 2.18. The Kier molecular flexibility index (Phi) is 3.38. The fraction of sp³-hybridized carbons (Fsp3) is 0.167. The number of nitro benzene ring substituents is 1. The summed E-state index contributed by atoms with van der Waals surface area (Å²) >= 11 is 0. The van der Waals surface area contributed by atoms with Gasteiger partial charge in [-0.25, -0.2) is 9.48 Å². The van der Waals surface area contributed by atoms with E-state index in [9.17, 15) is 14.9 Å². The van der Waals surface area contributed by atoms with Crippen LogP contribution in [0, 0.1) is 17.0 Å². The standard InChI is InChI=1S/C12H11N3O5/c1-7-5-11(14(2)13-7)20-10-4-3-8(15(18)19)6-9(10)12(16)17/h3-6H,1-2H3,(H,16,17). The first-order valence-electron chi connectivity index (χ1n) is 5.58. The number of hydrogen-bond acceptors (Lipinski definition) is 5. The van der Waals surface area contributed by atoms with Crippen molar-refractivity contribution in [2.75, 3.05) is 0 Å². The summed E-state index contributed by atoms with van der Waals surface area (Å²) in [5, 5.41) is 23.8. The molecule has 0 unspecified atom stereocenters. The van der Waals surface area contributed by atoms with Crippen molar-refractivity contribution in [1.29, 1.82) is 0 Å². The maximum atomic E-state index is 11.2. The number of aromatic nitrogens is 2. The van der Waals surface area contributed by atoms with Gasteiger partial charge < -0.3 is 9.84 Å². The molecule has 104 valence electrons. The summed E-state index contributed by atoms with van der Waals surface area (Å²) in [6.45, 7) is 1.76. The smallest absolute Gasteiger partial charge is 0.339 e. The molecule has 0 fully saturated rings. The number of nitrogens with zero attached hydrogens (tertiary/aromatic N) is 3. The van der Waals surface area contributed by atoms with Crippen molar-refractivity contribution in [2.24, 2.45) is 7.05 Å². The molecule has 0 spiro atoms. The molecule has 8 heteroatoms. The molecule has 0 saturated carbocycles. The van der Waals surface area contributed by atoms with Gasteiger partial charge in [-0.3, -0.25) is 10.1 Å². The van der Waals surface area contributed by atoms with E-state index in [2.05, 4.69) is 5.10 Å². The van der Waals surface area contributed by atoms with E-state index in [1.54, 1.807) is 20.0 Å². The maximum absolute atomic E-state index is 11.2. The molecular formula is C12H11N3O5. The number of non-ortho nitro benzene ring substituents is 1. The topological polar surface area (TPSA) is 107 Å². The number of carbonyl (C=O) groups is 1. The van der Waals surface area contributed by atoms with Gasteiger partial charge in [0.15, 0.2) is 0 Å². The van der Waals surface area contributed by atoms with E-state index in [1.807, 2.05) is 0 Å². The first-order chi connectivity index (χ1) is 9.38. The Morgan fingerprint density at radius 3 is 2.65 bits per heavy atom. The van der Waals surface area contributed by atoms with Gasteiger partial charge in [-0.2, -0.15) is 5.10 Å². The number of ether oxygens (including phenoxy) is 1. The third-order valence-corrected chi connectivity index (χ3v) is 2.58. The Hall–Kier alpha value is -2.90. The van der Waals surface area contributed by atoms with E-state index >= 15 is 0 Å². The van der Waals surface area contributed by atoms with Crippen LogP contribution >= 0.6 is 0 Å². The molecule has 0 bridgehead atoms. The van der Waals surface area contributed by atoms with E-state index in [-0.39, 0.29) is 17.0 Å². The van der Waals surface area contributed by atoms with Crippen LogP contribution in [0.4, 0.5) is 5.69 Å². The second-order valence-corrected chi connectivity index (χ2v) is 4.09. The molecule has 1 aromatic carbocycles. The Bertz CT molecular complexity index is 692. The van der Waals surface area contributed by atoms with Crippen molar-refractivity contribution < 1.29 is 19.6 Å². The van der Waals surface area contributed by atoms with Gasteiger partial charge in [-0.15, -0.1) is 0 Å². The van der Waals surface area contributed by atoms with Crippen molar-refractivity contribution in [2.45, 2.75) is 6.92 Å². The SMILES string of the molecule is Cc1cc(Oc2ccc([N+](=O)[O-])cc2C(=O)O)n(C)n1. The van der Waals surface area contributed by atoms with Crippen molar-refractivity contribution in [3.8, 4) is 11.6 Å². The molecule has 1 heterocycles. The lowest BCUT2D eigenvalue weighted by molar-refractivity contribution is -0.384. The van der Waals surface area contributed by atoms with Crippen molar-refractivity contribution in [3.05, 3.63) is 45.6 Å². The van der Waals surface area contributed by atoms with Crippen molar-refractivity contribution >= 4 is 11.7 Å². The van der Waals surface area contributed by atoms with Crippen LogP contribution in [0.1, 0.15) is 16.1 Å². The quantitative estimate of drug-likeness (QED) is 0.677. The number of rotatable bonds is 4. The zero-order valence-corrected chi connectivity index (χ0v) is 10.7. The molecule has 0 atom stereocenters. The van der Waals surface area contributed by atoms with Crippen LogP contribution in [0.5, 0.6) is 11.6 Å². The molecule has 2 aromatic rings. The number of aryl methyl sites for hydroxylation is 2. The first kappa shape index (κ1) is 13.5. The molecule has 2 rings (SSSR count). The van der Waals surface area contributed by atoms with Gasteiger partial charge in [0.2, 0.25) is 5.88 Å². The average molecular weight is 277 g/mol. The lowest BCUT2D eigenvalue weighted by Gasteiger charge is -2.08. The van der Waals surface area contributed by atoms with Gasteiger partial charge in [0, 0.05) is 25.2 Å². The summed E-state index contributed by atoms with van der Waals surface area (Å²) in [6.07, 6.45) is 0. The highest BCUT2D eigenvalue weighted by atomic mass is 16.6. The zero-order valence-electron chi connectivity index (χ0n) is 10.7. The minimum atomic E-state index is -1.30. The Morgan fingerprint density at radius 1 is 1.45 bits per heavy atom. The number of carboxylic acids is 1. The molecule has 8 nitrogen and oxygen atoms in total. The van der Waals surface area contributed by atoms with Crippen molar-refractivity contribution in [3.63, 3.8) is 0 Å². The highest BCUT2D eigenvalue weighted by Crippen LogP contribution is 2.28. The van der Waals surface area contributed by atoms with Crippen LogP contribution in [0.15, 0.2) is 24.3 Å². The zero-order chi connectivity index (χ0) is 14.9. The second kappa shape index (κ2) is 5.00. The lowest BCUT2D eigenvalue weighted by Crippen LogP contribution is -2.03. The Labute approximate surface area is 113 Å².